The normalized spacial score (nSPS) is 10.4. The predicted molar refractivity (Wildman–Crippen MR) is 41.6 cm³/mol. The van der Waals surface area contributed by atoms with Crippen LogP contribution in [0.2, 0.25) is 0 Å². The van der Waals surface area contributed by atoms with Crippen LogP contribution in [-0.2, 0) is 0 Å². The van der Waals surface area contributed by atoms with Gasteiger partial charge in [0, 0.05) is 5.39 Å². The Bertz CT molecular complexity index is 351. The minimum atomic E-state index is 0.770. The summed E-state index contributed by atoms with van der Waals surface area (Å²) in [7, 11) is 5.64. The molecular formula is C8H5BO. The van der Waals surface area contributed by atoms with Crippen LogP contribution in [0.4, 0.5) is 0 Å². The van der Waals surface area contributed by atoms with E-state index < -0.39 is 0 Å². The Kier molecular flexibility index (Phi) is 1.07. The van der Waals surface area contributed by atoms with Crippen molar-refractivity contribution in [2.24, 2.45) is 0 Å². The molecule has 0 N–H and O–H groups in total. The third kappa shape index (κ3) is 0.653. The van der Waals surface area contributed by atoms with Gasteiger partial charge in [-0.15, -0.1) is 0 Å². The molecule has 0 bridgehead atoms. The fourth-order valence-corrected chi connectivity index (χ4v) is 1.02. The van der Waals surface area contributed by atoms with Crippen LogP contribution in [0.25, 0.3) is 11.0 Å². The highest BCUT2D eigenvalue weighted by Gasteiger charge is 1.95. The van der Waals surface area contributed by atoms with E-state index in [2.05, 4.69) is 0 Å². The molecule has 46 valence electrons. The standard InChI is InChI=1S/C8H5BO/c9-7-2-1-3-8-6(7)4-5-10-8/h1-5H. The third-order valence-corrected chi connectivity index (χ3v) is 1.53. The minimum Gasteiger partial charge on any atom is -0.464 e. The molecule has 0 amide bonds. The van der Waals surface area contributed by atoms with Crippen molar-refractivity contribution in [3.05, 3.63) is 30.5 Å². The lowest BCUT2D eigenvalue weighted by Gasteiger charge is -1.91. The molecular weight excluding hydrogens is 123 g/mol. The van der Waals surface area contributed by atoms with E-state index in [0.29, 0.717) is 0 Å². The quantitative estimate of drug-likeness (QED) is 0.486. The fourth-order valence-electron chi connectivity index (χ4n) is 1.02. The Labute approximate surface area is 60.1 Å². The van der Waals surface area contributed by atoms with Crippen LogP contribution in [0.5, 0.6) is 0 Å². The SMILES string of the molecule is [B]c1cccc2occc12. The van der Waals surface area contributed by atoms with E-state index in [1.54, 1.807) is 6.26 Å². The first-order valence-electron chi connectivity index (χ1n) is 3.09. The number of benzene rings is 1. The van der Waals surface area contributed by atoms with E-state index in [-0.39, 0.29) is 0 Å². The van der Waals surface area contributed by atoms with E-state index in [9.17, 15) is 0 Å². The van der Waals surface area contributed by atoms with Gasteiger partial charge in [0.25, 0.3) is 0 Å². The topological polar surface area (TPSA) is 13.1 Å². The summed E-state index contributed by atoms with van der Waals surface area (Å²) in [5.74, 6) is 0. The molecule has 1 aromatic heterocycles. The zero-order chi connectivity index (χ0) is 6.97. The lowest BCUT2D eigenvalue weighted by Crippen LogP contribution is -2.00. The van der Waals surface area contributed by atoms with Crippen LogP contribution < -0.4 is 5.46 Å². The molecule has 0 fully saturated rings. The van der Waals surface area contributed by atoms with Crippen molar-refractivity contribution in [2.45, 2.75) is 0 Å². The summed E-state index contributed by atoms with van der Waals surface area (Å²) in [5, 5.41) is 0.988. The molecule has 2 rings (SSSR count). The molecule has 0 aliphatic rings. The number of fused-ring (bicyclic) bond motifs is 1. The second-order valence-electron chi connectivity index (χ2n) is 2.18. The Hall–Kier alpha value is -1.18. The second kappa shape index (κ2) is 1.91. The molecule has 0 saturated heterocycles. The molecule has 2 radical (unpaired) electrons. The van der Waals surface area contributed by atoms with Gasteiger partial charge < -0.3 is 4.42 Å². The van der Waals surface area contributed by atoms with Gasteiger partial charge in [-0.25, -0.2) is 0 Å². The van der Waals surface area contributed by atoms with E-state index in [4.69, 9.17) is 12.3 Å². The maximum atomic E-state index is 5.64. The summed E-state index contributed by atoms with van der Waals surface area (Å²) in [6, 6.07) is 7.50. The van der Waals surface area contributed by atoms with Crippen LogP contribution in [0.15, 0.2) is 34.9 Å². The zero-order valence-electron chi connectivity index (χ0n) is 5.37. The van der Waals surface area contributed by atoms with Gasteiger partial charge in [-0.1, -0.05) is 17.6 Å². The lowest BCUT2D eigenvalue weighted by atomic mass is 9.93. The highest BCUT2D eigenvalue weighted by molar-refractivity contribution is 6.38. The molecule has 0 spiro atoms. The summed E-state index contributed by atoms with van der Waals surface area (Å²) in [6.45, 7) is 0. The Morgan fingerprint density at radius 3 is 2.90 bits per heavy atom. The molecule has 1 aromatic carbocycles. The first kappa shape index (κ1) is 5.60. The van der Waals surface area contributed by atoms with Gasteiger partial charge in [0.2, 0.25) is 0 Å². The fraction of sp³-hybridized carbons (Fsp3) is 0. The van der Waals surface area contributed by atoms with Crippen molar-refractivity contribution >= 4 is 24.3 Å². The first-order chi connectivity index (χ1) is 4.88. The summed E-state index contributed by atoms with van der Waals surface area (Å²) in [5.41, 5.74) is 1.62. The second-order valence-corrected chi connectivity index (χ2v) is 2.18. The van der Waals surface area contributed by atoms with E-state index in [1.165, 1.54) is 0 Å². The summed E-state index contributed by atoms with van der Waals surface area (Å²) in [6.07, 6.45) is 1.64. The van der Waals surface area contributed by atoms with E-state index in [0.717, 1.165) is 16.4 Å². The first-order valence-corrected chi connectivity index (χ1v) is 3.09. The minimum absolute atomic E-state index is 0.770. The number of rotatable bonds is 0. The van der Waals surface area contributed by atoms with Gasteiger partial charge in [-0.2, -0.15) is 0 Å². The van der Waals surface area contributed by atoms with Crippen molar-refractivity contribution in [1.29, 1.82) is 0 Å². The number of hydrogen-bond acceptors (Lipinski definition) is 1. The van der Waals surface area contributed by atoms with E-state index in [1.807, 2.05) is 24.3 Å². The average Bonchev–Trinajstić information content (AvgIpc) is 2.36. The highest BCUT2D eigenvalue weighted by Crippen LogP contribution is 2.10. The molecule has 0 aliphatic heterocycles. The van der Waals surface area contributed by atoms with Gasteiger partial charge in [-0.05, 0) is 12.1 Å². The molecule has 1 heterocycles. The molecule has 0 atom stereocenters. The maximum Gasteiger partial charge on any atom is 0.133 e. The van der Waals surface area contributed by atoms with Crippen LogP contribution >= 0.6 is 0 Å². The average molecular weight is 128 g/mol. The third-order valence-electron chi connectivity index (χ3n) is 1.53. The van der Waals surface area contributed by atoms with Gasteiger partial charge in [-0.3, -0.25) is 0 Å². The highest BCUT2D eigenvalue weighted by atomic mass is 16.3. The Balaban J connectivity index is 2.95. The molecule has 0 saturated carbocycles. The van der Waals surface area contributed by atoms with Crippen LogP contribution in [0.1, 0.15) is 0 Å². The summed E-state index contributed by atoms with van der Waals surface area (Å²) >= 11 is 0. The van der Waals surface area contributed by atoms with Gasteiger partial charge in [0.15, 0.2) is 0 Å². The van der Waals surface area contributed by atoms with Crippen molar-refractivity contribution in [1.82, 2.24) is 0 Å². The molecule has 0 aliphatic carbocycles. The van der Waals surface area contributed by atoms with Crippen molar-refractivity contribution in [3.63, 3.8) is 0 Å². The largest absolute Gasteiger partial charge is 0.464 e. The lowest BCUT2D eigenvalue weighted by molar-refractivity contribution is 0.616. The summed E-state index contributed by atoms with van der Waals surface area (Å²) in [4.78, 5) is 0. The van der Waals surface area contributed by atoms with Crippen LogP contribution in [0.3, 0.4) is 0 Å². The Morgan fingerprint density at radius 2 is 2.10 bits per heavy atom. The van der Waals surface area contributed by atoms with Crippen molar-refractivity contribution in [2.75, 3.05) is 0 Å². The predicted octanol–water partition coefficient (Wildman–Crippen LogP) is 1.23. The Morgan fingerprint density at radius 1 is 1.20 bits per heavy atom. The molecule has 1 nitrogen and oxygen atoms in total. The van der Waals surface area contributed by atoms with Crippen molar-refractivity contribution in [3.8, 4) is 0 Å². The summed E-state index contributed by atoms with van der Waals surface area (Å²) < 4.78 is 5.12. The van der Waals surface area contributed by atoms with Gasteiger partial charge in [0.1, 0.15) is 13.4 Å². The zero-order valence-corrected chi connectivity index (χ0v) is 5.37. The smallest absolute Gasteiger partial charge is 0.133 e. The van der Waals surface area contributed by atoms with Crippen molar-refractivity contribution < 1.29 is 4.42 Å². The number of furan rings is 1. The van der Waals surface area contributed by atoms with Crippen LogP contribution in [0, 0.1) is 0 Å². The molecule has 2 heteroatoms. The van der Waals surface area contributed by atoms with E-state index >= 15 is 0 Å². The van der Waals surface area contributed by atoms with Gasteiger partial charge >= 0.3 is 0 Å². The molecule has 10 heavy (non-hydrogen) atoms. The molecule has 0 unspecified atom stereocenters. The van der Waals surface area contributed by atoms with Gasteiger partial charge in [0.05, 0.1) is 6.26 Å². The number of hydrogen-bond donors (Lipinski definition) is 0. The van der Waals surface area contributed by atoms with Crippen LogP contribution in [-0.4, -0.2) is 7.85 Å². The molecule has 2 aromatic rings. The monoisotopic (exact) mass is 128 g/mol. The maximum absolute atomic E-state index is 5.64.